The Balaban J connectivity index is 1.32. The molecule has 0 radical (unpaired) electrons. The number of ether oxygens (including phenoxy) is 1. The average molecular weight is 523 g/mol. The summed E-state index contributed by atoms with van der Waals surface area (Å²) in [5.41, 5.74) is 0.00447. The lowest BCUT2D eigenvalue weighted by Gasteiger charge is -2.62. The van der Waals surface area contributed by atoms with Crippen molar-refractivity contribution in [1.82, 2.24) is 0 Å². The second-order valence-corrected chi connectivity index (χ2v) is 14.2. The molecule has 0 amide bonds. The van der Waals surface area contributed by atoms with Crippen LogP contribution in [0.4, 0.5) is 0 Å². The van der Waals surface area contributed by atoms with E-state index in [4.69, 9.17) is 9.62 Å². The minimum atomic E-state index is -0.802. The standard InChI is InChI=1S/C34H50O4/c1-23(2)10-9-11-24(3)28-14-15-29-27-17-21-34(38-36)22-26(37-31(35)25-12-7-6-8-13-25)16-20-33(34,5)30(27)18-19-32(28,29)4/h6-8,12-13,17,21,23-24,26-30,36H,9-11,14-16,18-20,22H2,1-5H3/t24-,26+,27+,28-,29+,30+,32-,33-,34-/m1/s1. The maximum Gasteiger partial charge on any atom is 0.338 e. The molecule has 1 aromatic rings. The van der Waals surface area contributed by atoms with Crippen molar-refractivity contribution in [3.63, 3.8) is 0 Å². The Morgan fingerprint density at radius 2 is 1.76 bits per heavy atom. The number of benzene rings is 1. The first-order valence-electron chi connectivity index (χ1n) is 15.4. The zero-order chi connectivity index (χ0) is 27.1. The Kier molecular flexibility index (Phi) is 7.88. The van der Waals surface area contributed by atoms with Crippen molar-refractivity contribution in [2.75, 3.05) is 0 Å². The van der Waals surface area contributed by atoms with E-state index in [1.807, 2.05) is 18.2 Å². The van der Waals surface area contributed by atoms with Gasteiger partial charge in [-0.25, -0.2) is 9.68 Å². The van der Waals surface area contributed by atoms with Crippen molar-refractivity contribution >= 4 is 5.97 Å². The zero-order valence-electron chi connectivity index (χ0n) is 24.3. The third kappa shape index (κ3) is 4.68. The predicted octanol–water partition coefficient (Wildman–Crippen LogP) is 8.72. The Bertz CT molecular complexity index is 1000. The molecule has 0 aliphatic heterocycles. The Morgan fingerprint density at radius 1 is 1.00 bits per heavy atom. The third-order valence-electron chi connectivity index (χ3n) is 11.9. The number of allylic oxidation sites excluding steroid dienone is 1. The number of carbonyl (C=O) groups is 1. The molecule has 4 aliphatic rings. The number of fused-ring (bicyclic) bond motifs is 5. The van der Waals surface area contributed by atoms with Crippen LogP contribution in [0.3, 0.4) is 0 Å². The van der Waals surface area contributed by atoms with E-state index >= 15 is 0 Å². The van der Waals surface area contributed by atoms with Crippen LogP contribution in [0.5, 0.6) is 0 Å². The smallest absolute Gasteiger partial charge is 0.338 e. The van der Waals surface area contributed by atoms with Gasteiger partial charge in [-0.05, 0) is 91.6 Å². The first-order valence-corrected chi connectivity index (χ1v) is 15.4. The largest absolute Gasteiger partial charge is 0.459 e. The van der Waals surface area contributed by atoms with Gasteiger partial charge in [0.15, 0.2) is 0 Å². The highest BCUT2D eigenvalue weighted by atomic mass is 17.1. The van der Waals surface area contributed by atoms with Crippen LogP contribution in [-0.2, 0) is 9.62 Å². The van der Waals surface area contributed by atoms with Crippen LogP contribution in [0.15, 0.2) is 42.5 Å². The van der Waals surface area contributed by atoms with Gasteiger partial charge in [0.2, 0.25) is 0 Å². The molecule has 4 heteroatoms. The average Bonchev–Trinajstić information content (AvgIpc) is 3.26. The zero-order valence-corrected chi connectivity index (χ0v) is 24.3. The maximum atomic E-state index is 12.8. The van der Waals surface area contributed by atoms with E-state index in [2.05, 4.69) is 46.8 Å². The molecule has 0 aromatic heterocycles. The van der Waals surface area contributed by atoms with Gasteiger partial charge in [-0.1, -0.05) is 84.2 Å². The van der Waals surface area contributed by atoms with E-state index in [0.29, 0.717) is 35.2 Å². The molecule has 3 saturated carbocycles. The topological polar surface area (TPSA) is 55.8 Å². The summed E-state index contributed by atoms with van der Waals surface area (Å²) in [6.07, 6.45) is 15.7. The van der Waals surface area contributed by atoms with Crippen LogP contribution in [0.25, 0.3) is 0 Å². The molecule has 4 nitrogen and oxygen atoms in total. The van der Waals surface area contributed by atoms with Gasteiger partial charge >= 0.3 is 5.97 Å². The fourth-order valence-electron chi connectivity index (χ4n) is 9.67. The highest BCUT2D eigenvalue weighted by molar-refractivity contribution is 5.89. The van der Waals surface area contributed by atoms with Crippen molar-refractivity contribution in [3.8, 4) is 0 Å². The van der Waals surface area contributed by atoms with Gasteiger partial charge in [0.05, 0.1) is 5.56 Å². The van der Waals surface area contributed by atoms with Crippen molar-refractivity contribution in [2.24, 2.45) is 46.3 Å². The molecule has 0 unspecified atom stereocenters. The first kappa shape index (κ1) is 27.9. The fourth-order valence-corrected chi connectivity index (χ4v) is 9.67. The number of hydrogen-bond acceptors (Lipinski definition) is 4. The van der Waals surface area contributed by atoms with Gasteiger partial charge in [0, 0.05) is 11.8 Å². The van der Waals surface area contributed by atoms with E-state index in [1.165, 1.54) is 44.9 Å². The lowest BCUT2D eigenvalue weighted by atomic mass is 9.45. The van der Waals surface area contributed by atoms with E-state index < -0.39 is 5.60 Å². The lowest BCUT2D eigenvalue weighted by Crippen LogP contribution is -2.62. The molecule has 0 saturated heterocycles. The Morgan fingerprint density at radius 3 is 2.47 bits per heavy atom. The molecule has 1 N–H and O–H groups in total. The van der Waals surface area contributed by atoms with Crippen molar-refractivity contribution < 1.29 is 19.7 Å². The molecule has 3 fully saturated rings. The minimum absolute atomic E-state index is 0.168. The van der Waals surface area contributed by atoms with Crippen LogP contribution in [0, 0.1) is 46.3 Å². The first-order chi connectivity index (χ1) is 18.1. The fraction of sp³-hybridized carbons (Fsp3) is 0.735. The van der Waals surface area contributed by atoms with E-state index in [1.54, 1.807) is 12.1 Å². The van der Waals surface area contributed by atoms with E-state index in [-0.39, 0.29) is 17.5 Å². The molecule has 4 aliphatic carbocycles. The van der Waals surface area contributed by atoms with E-state index in [9.17, 15) is 10.1 Å². The van der Waals surface area contributed by atoms with Crippen LogP contribution in [0.2, 0.25) is 0 Å². The number of esters is 1. The number of carbonyl (C=O) groups excluding carboxylic acids is 1. The summed E-state index contributed by atoms with van der Waals surface area (Å²) in [4.78, 5) is 18.2. The van der Waals surface area contributed by atoms with Crippen molar-refractivity contribution in [3.05, 3.63) is 48.0 Å². The molecule has 38 heavy (non-hydrogen) atoms. The summed E-state index contributed by atoms with van der Waals surface area (Å²) in [5.74, 6) is 3.84. The highest BCUT2D eigenvalue weighted by Crippen LogP contribution is 2.68. The lowest BCUT2D eigenvalue weighted by molar-refractivity contribution is -0.361. The number of rotatable bonds is 8. The van der Waals surface area contributed by atoms with Crippen LogP contribution in [0.1, 0.15) is 109 Å². The minimum Gasteiger partial charge on any atom is -0.459 e. The number of hydrogen-bond donors (Lipinski definition) is 1. The third-order valence-corrected chi connectivity index (χ3v) is 11.9. The van der Waals surface area contributed by atoms with E-state index in [0.717, 1.165) is 30.6 Å². The SMILES string of the molecule is CC(C)CCC[C@@H](C)[C@H]1CC[C@H]2[C@@H]3C=C[C@@]4(OO)C[C@@H](OC(=O)c5ccccc5)CC[C@]4(C)[C@H]3CC[C@]12C. The van der Waals surface area contributed by atoms with Crippen molar-refractivity contribution in [1.29, 1.82) is 0 Å². The van der Waals surface area contributed by atoms with Gasteiger partial charge in [0.25, 0.3) is 0 Å². The van der Waals surface area contributed by atoms with Gasteiger partial charge in [-0.2, -0.15) is 0 Å². The molecular formula is C34H50O4. The summed E-state index contributed by atoms with van der Waals surface area (Å²) in [6.45, 7) is 12.1. The van der Waals surface area contributed by atoms with Gasteiger partial charge in [-0.3, -0.25) is 5.26 Å². The second-order valence-electron chi connectivity index (χ2n) is 14.2. The van der Waals surface area contributed by atoms with Crippen LogP contribution in [-0.4, -0.2) is 22.9 Å². The molecule has 210 valence electrons. The van der Waals surface area contributed by atoms with Gasteiger partial charge < -0.3 is 4.74 Å². The summed E-state index contributed by atoms with van der Waals surface area (Å²) in [7, 11) is 0. The molecule has 9 atom stereocenters. The monoisotopic (exact) mass is 522 g/mol. The Labute approximate surface area is 230 Å². The molecule has 5 rings (SSSR count). The second kappa shape index (κ2) is 10.7. The molecule has 0 heterocycles. The normalized spacial score (nSPS) is 40.8. The summed E-state index contributed by atoms with van der Waals surface area (Å²) >= 11 is 0. The molecule has 0 bridgehead atoms. The van der Waals surface area contributed by atoms with Crippen LogP contribution >= 0.6 is 0 Å². The Hall–Kier alpha value is -1.65. The highest BCUT2D eigenvalue weighted by Gasteiger charge is 2.65. The predicted molar refractivity (Wildman–Crippen MR) is 152 cm³/mol. The molecular weight excluding hydrogens is 472 g/mol. The summed E-state index contributed by atoms with van der Waals surface area (Å²) in [5, 5.41) is 10.4. The molecule has 0 spiro atoms. The quantitative estimate of drug-likeness (QED) is 0.160. The molecule has 1 aromatic carbocycles. The van der Waals surface area contributed by atoms with Gasteiger partial charge in [-0.15, -0.1) is 0 Å². The maximum absolute atomic E-state index is 12.8. The van der Waals surface area contributed by atoms with Gasteiger partial charge in [0.1, 0.15) is 11.7 Å². The summed E-state index contributed by atoms with van der Waals surface area (Å²) < 4.78 is 5.94. The van der Waals surface area contributed by atoms with Crippen molar-refractivity contribution in [2.45, 2.75) is 111 Å². The summed E-state index contributed by atoms with van der Waals surface area (Å²) in [6, 6.07) is 9.19. The van der Waals surface area contributed by atoms with Crippen LogP contribution < -0.4 is 0 Å².